The molecule has 0 bridgehead atoms. The lowest BCUT2D eigenvalue weighted by atomic mass is 10.2. The van der Waals surface area contributed by atoms with E-state index in [2.05, 4.69) is 30.7 Å². The maximum Gasteiger partial charge on any atom is 0.191 e. The minimum absolute atomic E-state index is 0. The Bertz CT molecular complexity index is 753. The second-order valence-electron chi connectivity index (χ2n) is 7.36. The summed E-state index contributed by atoms with van der Waals surface area (Å²) in [5.74, 6) is 1.86. The van der Waals surface area contributed by atoms with Crippen LogP contribution in [0.25, 0.3) is 5.65 Å². The molecule has 0 aromatic carbocycles. The first-order chi connectivity index (χ1) is 12.8. The van der Waals surface area contributed by atoms with Gasteiger partial charge in [-0.25, -0.2) is 0 Å². The molecule has 1 aliphatic carbocycles. The number of pyridine rings is 1. The minimum atomic E-state index is 0. The van der Waals surface area contributed by atoms with Crippen LogP contribution >= 0.6 is 24.0 Å². The van der Waals surface area contributed by atoms with E-state index in [1.807, 2.05) is 35.8 Å². The first kappa shape index (κ1) is 20.3. The van der Waals surface area contributed by atoms with Crippen molar-refractivity contribution in [3.8, 4) is 0 Å². The summed E-state index contributed by atoms with van der Waals surface area (Å²) >= 11 is 0. The van der Waals surface area contributed by atoms with Crippen molar-refractivity contribution in [1.29, 1.82) is 0 Å². The highest BCUT2D eigenvalue weighted by atomic mass is 127. The van der Waals surface area contributed by atoms with E-state index in [0.717, 1.165) is 43.0 Å². The van der Waals surface area contributed by atoms with E-state index < -0.39 is 0 Å². The molecule has 8 heteroatoms. The summed E-state index contributed by atoms with van der Waals surface area (Å²) in [5.41, 5.74) is 0.892. The molecule has 3 heterocycles. The number of aliphatic imine (C=N–C) groups is 1. The Balaban J connectivity index is 0.00000210. The third kappa shape index (κ3) is 4.90. The van der Waals surface area contributed by atoms with Crippen LogP contribution in [0.5, 0.6) is 0 Å². The van der Waals surface area contributed by atoms with Crippen LogP contribution < -0.4 is 10.6 Å². The summed E-state index contributed by atoms with van der Waals surface area (Å²) in [5, 5.41) is 15.5. The van der Waals surface area contributed by atoms with Crippen LogP contribution in [-0.2, 0) is 6.42 Å². The van der Waals surface area contributed by atoms with Crippen molar-refractivity contribution in [1.82, 2.24) is 30.1 Å². The second-order valence-corrected chi connectivity index (χ2v) is 7.36. The zero-order chi connectivity index (χ0) is 17.8. The number of hydrogen-bond acceptors (Lipinski definition) is 4. The molecule has 1 unspecified atom stereocenters. The molecule has 7 nitrogen and oxygen atoms in total. The fourth-order valence-corrected chi connectivity index (χ4v) is 4.25. The highest BCUT2D eigenvalue weighted by Gasteiger charge is 2.30. The van der Waals surface area contributed by atoms with Gasteiger partial charge in [0.25, 0.3) is 0 Å². The molecule has 4 rings (SSSR count). The standard InChI is InChI=1S/C19H29N7.HI/c1-20-19(22-15-10-13-25(14-15)16-6-2-3-7-16)21-11-9-18-24-23-17-8-4-5-12-26(17)18;/h4-5,8,12,15-16H,2-3,6-7,9-11,13-14H2,1H3,(H2,20,21,22);1H. The van der Waals surface area contributed by atoms with Crippen LogP contribution in [0.15, 0.2) is 29.4 Å². The van der Waals surface area contributed by atoms with Crippen molar-refractivity contribution >= 4 is 35.6 Å². The van der Waals surface area contributed by atoms with Crippen molar-refractivity contribution < 1.29 is 0 Å². The number of guanidine groups is 1. The summed E-state index contributed by atoms with van der Waals surface area (Å²) in [6.07, 6.45) is 9.59. The van der Waals surface area contributed by atoms with E-state index in [1.165, 1.54) is 38.6 Å². The van der Waals surface area contributed by atoms with Crippen LogP contribution in [0.3, 0.4) is 0 Å². The van der Waals surface area contributed by atoms with E-state index in [-0.39, 0.29) is 24.0 Å². The Labute approximate surface area is 178 Å². The van der Waals surface area contributed by atoms with Crippen LogP contribution in [-0.4, -0.2) is 64.2 Å². The normalized spacial score (nSPS) is 21.5. The smallest absolute Gasteiger partial charge is 0.191 e. The SMILES string of the molecule is CN=C(NCCc1nnc2ccccn12)NC1CCN(C2CCCC2)C1.I. The first-order valence-corrected chi connectivity index (χ1v) is 9.83. The van der Waals surface area contributed by atoms with Crippen molar-refractivity contribution in [3.05, 3.63) is 30.2 Å². The summed E-state index contributed by atoms with van der Waals surface area (Å²) in [4.78, 5) is 7.06. The van der Waals surface area contributed by atoms with E-state index in [4.69, 9.17) is 0 Å². The summed E-state index contributed by atoms with van der Waals surface area (Å²) in [6.45, 7) is 3.14. The van der Waals surface area contributed by atoms with Crippen molar-refractivity contribution in [2.24, 2.45) is 4.99 Å². The lowest BCUT2D eigenvalue weighted by molar-refractivity contribution is 0.242. The molecule has 148 valence electrons. The molecule has 0 amide bonds. The molecule has 1 aliphatic heterocycles. The summed E-state index contributed by atoms with van der Waals surface area (Å²) < 4.78 is 2.04. The van der Waals surface area contributed by atoms with Gasteiger partial charge < -0.3 is 10.6 Å². The highest BCUT2D eigenvalue weighted by molar-refractivity contribution is 14.0. The van der Waals surface area contributed by atoms with E-state index in [9.17, 15) is 0 Å². The van der Waals surface area contributed by atoms with Crippen LogP contribution in [0.4, 0.5) is 0 Å². The van der Waals surface area contributed by atoms with Crippen LogP contribution in [0, 0.1) is 0 Å². The molecule has 27 heavy (non-hydrogen) atoms. The van der Waals surface area contributed by atoms with E-state index >= 15 is 0 Å². The first-order valence-electron chi connectivity index (χ1n) is 9.83. The monoisotopic (exact) mass is 483 g/mol. The quantitative estimate of drug-likeness (QED) is 0.387. The van der Waals surface area contributed by atoms with Crippen LogP contribution in [0.1, 0.15) is 37.9 Å². The van der Waals surface area contributed by atoms with Gasteiger partial charge in [-0.3, -0.25) is 14.3 Å². The summed E-state index contributed by atoms with van der Waals surface area (Å²) in [6, 6.07) is 7.27. The lowest BCUT2D eigenvalue weighted by Gasteiger charge is -2.24. The van der Waals surface area contributed by atoms with E-state index in [0.29, 0.717) is 6.04 Å². The van der Waals surface area contributed by atoms with Crippen molar-refractivity contribution in [2.45, 2.75) is 50.6 Å². The Kier molecular flexibility index (Phi) is 7.28. The van der Waals surface area contributed by atoms with Gasteiger partial charge in [0.15, 0.2) is 11.6 Å². The average molecular weight is 483 g/mol. The molecule has 2 aromatic rings. The number of nitrogens with one attached hydrogen (secondary N) is 2. The molecule has 0 spiro atoms. The van der Waals surface area contributed by atoms with Gasteiger partial charge >= 0.3 is 0 Å². The van der Waals surface area contributed by atoms with Gasteiger partial charge in [0.05, 0.1) is 0 Å². The third-order valence-electron chi connectivity index (χ3n) is 5.65. The van der Waals surface area contributed by atoms with Crippen molar-refractivity contribution in [3.63, 3.8) is 0 Å². The zero-order valence-electron chi connectivity index (χ0n) is 16.0. The largest absolute Gasteiger partial charge is 0.356 e. The molecule has 2 N–H and O–H groups in total. The maximum atomic E-state index is 4.39. The molecule has 2 fully saturated rings. The number of fused-ring (bicyclic) bond motifs is 1. The fraction of sp³-hybridized carbons (Fsp3) is 0.632. The van der Waals surface area contributed by atoms with Crippen molar-refractivity contribution in [2.75, 3.05) is 26.7 Å². The average Bonchev–Trinajstić information content (AvgIpc) is 3.41. The van der Waals surface area contributed by atoms with Gasteiger partial charge in [-0.15, -0.1) is 34.2 Å². The number of aromatic nitrogens is 3. The molecule has 0 radical (unpaired) electrons. The molecule has 1 saturated carbocycles. The third-order valence-corrected chi connectivity index (χ3v) is 5.65. The zero-order valence-corrected chi connectivity index (χ0v) is 18.3. The predicted molar refractivity (Wildman–Crippen MR) is 119 cm³/mol. The Hall–Kier alpha value is -1.42. The topological polar surface area (TPSA) is 69.8 Å². The molecule has 1 saturated heterocycles. The summed E-state index contributed by atoms with van der Waals surface area (Å²) in [7, 11) is 1.84. The molecular weight excluding hydrogens is 453 g/mol. The minimum Gasteiger partial charge on any atom is -0.356 e. The highest BCUT2D eigenvalue weighted by Crippen LogP contribution is 2.26. The molecule has 2 aromatic heterocycles. The number of nitrogens with zero attached hydrogens (tertiary/aromatic N) is 5. The second kappa shape index (κ2) is 9.68. The van der Waals surface area contributed by atoms with Gasteiger partial charge in [0.1, 0.15) is 5.82 Å². The van der Waals surface area contributed by atoms with Gasteiger partial charge in [0, 0.05) is 51.4 Å². The van der Waals surface area contributed by atoms with E-state index in [1.54, 1.807) is 0 Å². The number of rotatable bonds is 5. The molecule has 2 aliphatic rings. The predicted octanol–water partition coefficient (Wildman–Crippen LogP) is 2.07. The van der Waals surface area contributed by atoms with Gasteiger partial charge in [-0.1, -0.05) is 18.9 Å². The van der Waals surface area contributed by atoms with Gasteiger partial charge in [-0.2, -0.15) is 0 Å². The molecule has 1 atom stereocenters. The number of hydrogen-bond donors (Lipinski definition) is 2. The Morgan fingerprint density at radius 3 is 2.89 bits per heavy atom. The maximum absolute atomic E-state index is 4.39. The number of halogens is 1. The van der Waals surface area contributed by atoms with Gasteiger partial charge in [-0.05, 0) is 31.4 Å². The lowest BCUT2D eigenvalue weighted by Crippen LogP contribution is -2.45. The Morgan fingerprint density at radius 2 is 2.07 bits per heavy atom. The molecular formula is C19H30IN7. The van der Waals surface area contributed by atoms with Gasteiger partial charge in [0.2, 0.25) is 0 Å². The number of likely N-dealkylation sites (tertiary alicyclic amines) is 1. The Morgan fingerprint density at radius 1 is 1.22 bits per heavy atom. The van der Waals surface area contributed by atoms with Crippen LogP contribution in [0.2, 0.25) is 0 Å². The fourth-order valence-electron chi connectivity index (χ4n) is 4.25.